The smallest absolute Gasteiger partial charge is 0.255 e. The molecule has 0 radical (unpaired) electrons. The van der Waals surface area contributed by atoms with Crippen molar-refractivity contribution in [2.45, 2.75) is 6.92 Å². The van der Waals surface area contributed by atoms with Crippen LogP contribution in [0.3, 0.4) is 0 Å². The molecule has 0 saturated carbocycles. The van der Waals surface area contributed by atoms with Crippen molar-refractivity contribution in [1.29, 1.82) is 0 Å². The maximum Gasteiger partial charge on any atom is 0.255 e. The van der Waals surface area contributed by atoms with Crippen LogP contribution in [-0.4, -0.2) is 5.91 Å². The molecule has 3 N–H and O–H groups in total. The first-order valence-corrected chi connectivity index (χ1v) is 6.57. The van der Waals surface area contributed by atoms with E-state index in [0.717, 1.165) is 6.07 Å². The molecule has 3 nitrogen and oxygen atoms in total. The quantitative estimate of drug-likeness (QED) is 0.801. The molecule has 1 amide bonds. The van der Waals surface area contributed by atoms with Gasteiger partial charge in [-0.2, -0.15) is 0 Å². The van der Waals surface area contributed by atoms with E-state index in [-0.39, 0.29) is 26.9 Å². The predicted octanol–water partition coefficient (Wildman–Crippen LogP) is 4.41. The lowest BCUT2D eigenvalue weighted by Gasteiger charge is -2.10. The van der Waals surface area contributed by atoms with Crippen LogP contribution < -0.4 is 11.1 Å². The molecule has 110 valence electrons. The number of anilines is 2. The van der Waals surface area contributed by atoms with E-state index >= 15 is 0 Å². The van der Waals surface area contributed by atoms with E-state index in [1.807, 2.05) is 0 Å². The number of amides is 1. The van der Waals surface area contributed by atoms with E-state index in [0.29, 0.717) is 0 Å². The summed E-state index contributed by atoms with van der Waals surface area (Å²) in [7, 11) is 0. The number of nitrogens with two attached hydrogens (primary N) is 1. The molecule has 21 heavy (non-hydrogen) atoms. The average Bonchev–Trinajstić information content (AvgIpc) is 2.44. The molecule has 0 unspecified atom stereocenters. The Morgan fingerprint density at radius 3 is 2.33 bits per heavy atom. The normalized spacial score (nSPS) is 10.5. The van der Waals surface area contributed by atoms with Crippen LogP contribution in [0.4, 0.5) is 20.2 Å². The lowest BCUT2D eigenvalue weighted by atomic mass is 10.1. The van der Waals surface area contributed by atoms with Gasteiger partial charge in [-0.1, -0.05) is 29.3 Å². The molecule has 0 aliphatic carbocycles. The van der Waals surface area contributed by atoms with Crippen LogP contribution in [0.25, 0.3) is 0 Å². The summed E-state index contributed by atoms with van der Waals surface area (Å²) in [5.41, 5.74) is 5.41. The van der Waals surface area contributed by atoms with Crippen molar-refractivity contribution in [3.05, 3.63) is 57.1 Å². The number of hydrogen-bond donors (Lipinski definition) is 2. The Bertz CT molecular complexity index is 712. The maximum atomic E-state index is 13.8. The minimum Gasteiger partial charge on any atom is -0.396 e. The Labute approximate surface area is 129 Å². The van der Waals surface area contributed by atoms with Crippen LogP contribution in [0, 0.1) is 18.6 Å². The van der Waals surface area contributed by atoms with Gasteiger partial charge < -0.3 is 11.1 Å². The number of aryl methyl sites for hydroxylation is 1. The summed E-state index contributed by atoms with van der Waals surface area (Å²) in [5.74, 6) is -2.46. The molecule has 0 heterocycles. The maximum absolute atomic E-state index is 13.8. The zero-order valence-electron chi connectivity index (χ0n) is 10.8. The van der Waals surface area contributed by atoms with Crippen LogP contribution in [0.1, 0.15) is 15.9 Å². The molecular weight excluding hydrogens is 321 g/mol. The molecule has 0 saturated heterocycles. The van der Waals surface area contributed by atoms with Crippen LogP contribution in [-0.2, 0) is 0 Å². The SMILES string of the molecule is Cc1ccc(F)c(NC(=O)c2cc(Cl)c(N)c(Cl)c2)c1F. The minimum absolute atomic E-state index is 0.0412. The number of carbonyl (C=O) groups excluding carboxylic acids is 1. The number of hydrogen-bond acceptors (Lipinski definition) is 2. The largest absolute Gasteiger partial charge is 0.396 e. The zero-order valence-corrected chi connectivity index (χ0v) is 12.3. The summed E-state index contributed by atoms with van der Waals surface area (Å²) in [6.45, 7) is 1.46. The fourth-order valence-electron chi connectivity index (χ4n) is 1.67. The first kappa shape index (κ1) is 15.5. The van der Waals surface area contributed by atoms with E-state index in [4.69, 9.17) is 28.9 Å². The number of rotatable bonds is 2. The van der Waals surface area contributed by atoms with E-state index in [1.165, 1.54) is 25.1 Å². The monoisotopic (exact) mass is 330 g/mol. The predicted molar refractivity (Wildman–Crippen MR) is 79.9 cm³/mol. The molecular formula is C14H10Cl2F2N2O. The minimum atomic E-state index is -0.876. The van der Waals surface area contributed by atoms with Gasteiger partial charge in [-0.3, -0.25) is 4.79 Å². The molecule has 0 atom stereocenters. The summed E-state index contributed by atoms with van der Waals surface area (Å²) in [6, 6.07) is 4.88. The summed E-state index contributed by atoms with van der Waals surface area (Å²) < 4.78 is 27.4. The second kappa shape index (κ2) is 5.87. The van der Waals surface area contributed by atoms with Gasteiger partial charge in [0.05, 0.1) is 15.7 Å². The number of benzene rings is 2. The number of carbonyl (C=O) groups is 1. The molecule has 7 heteroatoms. The lowest BCUT2D eigenvalue weighted by molar-refractivity contribution is 0.102. The van der Waals surface area contributed by atoms with Gasteiger partial charge in [-0.05, 0) is 30.7 Å². The van der Waals surface area contributed by atoms with Gasteiger partial charge in [-0.25, -0.2) is 8.78 Å². The Balaban J connectivity index is 2.37. The van der Waals surface area contributed by atoms with Crippen LogP contribution in [0.5, 0.6) is 0 Å². The van der Waals surface area contributed by atoms with Gasteiger partial charge in [0, 0.05) is 5.56 Å². The molecule has 2 aromatic rings. The second-order valence-corrected chi connectivity index (χ2v) is 5.18. The Hall–Kier alpha value is -1.85. The third kappa shape index (κ3) is 3.09. The van der Waals surface area contributed by atoms with E-state index < -0.39 is 23.2 Å². The molecule has 0 aromatic heterocycles. The Morgan fingerprint density at radius 1 is 1.19 bits per heavy atom. The van der Waals surface area contributed by atoms with Crippen molar-refractivity contribution in [2.24, 2.45) is 0 Å². The molecule has 0 aliphatic heterocycles. The summed E-state index contributed by atoms with van der Waals surface area (Å²) in [6.07, 6.45) is 0. The Morgan fingerprint density at radius 2 is 1.76 bits per heavy atom. The molecule has 0 fully saturated rings. The molecule has 2 aromatic carbocycles. The molecule has 0 spiro atoms. The van der Waals surface area contributed by atoms with Crippen molar-refractivity contribution in [3.8, 4) is 0 Å². The summed E-state index contributed by atoms with van der Waals surface area (Å²) in [5, 5.41) is 2.33. The highest BCUT2D eigenvalue weighted by molar-refractivity contribution is 6.39. The standard InChI is InChI=1S/C14H10Cl2F2N2O/c1-6-2-3-10(17)13(11(6)18)20-14(21)7-4-8(15)12(19)9(16)5-7/h2-5H,19H2,1H3,(H,20,21). The van der Waals surface area contributed by atoms with Crippen molar-refractivity contribution < 1.29 is 13.6 Å². The van der Waals surface area contributed by atoms with Crippen LogP contribution in [0.15, 0.2) is 24.3 Å². The van der Waals surface area contributed by atoms with Gasteiger partial charge in [-0.15, -0.1) is 0 Å². The van der Waals surface area contributed by atoms with E-state index in [1.54, 1.807) is 0 Å². The van der Waals surface area contributed by atoms with Gasteiger partial charge in [0.2, 0.25) is 0 Å². The molecule has 0 aliphatic rings. The summed E-state index contributed by atoms with van der Waals surface area (Å²) >= 11 is 11.6. The van der Waals surface area contributed by atoms with Crippen molar-refractivity contribution in [3.63, 3.8) is 0 Å². The number of halogens is 4. The summed E-state index contributed by atoms with van der Waals surface area (Å²) in [4.78, 5) is 12.0. The zero-order chi connectivity index (χ0) is 15.7. The molecule has 0 bridgehead atoms. The van der Waals surface area contributed by atoms with E-state index in [2.05, 4.69) is 5.32 Å². The fraction of sp³-hybridized carbons (Fsp3) is 0.0714. The number of nitrogens with one attached hydrogen (secondary N) is 1. The van der Waals surface area contributed by atoms with Crippen LogP contribution in [0.2, 0.25) is 10.0 Å². The van der Waals surface area contributed by atoms with Gasteiger partial charge in [0.25, 0.3) is 5.91 Å². The van der Waals surface area contributed by atoms with Gasteiger partial charge in [0.15, 0.2) is 5.82 Å². The number of nitrogen functional groups attached to an aromatic ring is 1. The lowest BCUT2D eigenvalue weighted by Crippen LogP contribution is -2.15. The topological polar surface area (TPSA) is 55.1 Å². The van der Waals surface area contributed by atoms with Crippen molar-refractivity contribution in [2.75, 3.05) is 11.1 Å². The first-order valence-electron chi connectivity index (χ1n) is 5.81. The van der Waals surface area contributed by atoms with Gasteiger partial charge >= 0.3 is 0 Å². The highest BCUT2D eigenvalue weighted by Crippen LogP contribution is 2.29. The van der Waals surface area contributed by atoms with Crippen molar-refractivity contribution in [1.82, 2.24) is 0 Å². The van der Waals surface area contributed by atoms with Crippen molar-refractivity contribution >= 4 is 40.5 Å². The molecule has 2 rings (SSSR count). The Kier molecular flexibility index (Phi) is 4.34. The third-order valence-electron chi connectivity index (χ3n) is 2.86. The average molecular weight is 331 g/mol. The second-order valence-electron chi connectivity index (χ2n) is 4.36. The van der Waals surface area contributed by atoms with Gasteiger partial charge in [0.1, 0.15) is 11.5 Å². The highest BCUT2D eigenvalue weighted by Gasteiger charge is 2.17. The first-order chi connectivity index (χ1) is 9.81. The van der Waals surface area contributed by atoms with E-state index in [9.17, 15) is 13.6 Å². The highest BCUT2D eigenvalue weighted by atomic mass is 35.5. The van der Waals surface area contributed by atoms with Crippen LogP contribution >= 0.6 is 23.2 Å². The third-order valence-corrected chi connectivity index (χ3v) is 3.49. The fourth-order valence-corrected chi connectivity index (χ4v) is 2.16.